The van der Waals surface area contributed by atoms with Gasteiger partial charge in [0.25, 0.3) is 11.6 Å². The fourth-order valence-electron chi connectivity index (χ4n) is 4.36. The number of morpholine rings is 2. The fraction of sp³-hybridized carbons (Fsp3) is 0.650. The number of rotatable bonds is 5. The van der Waals surface area contributed by atoms with Crippen LogP contribution in [0.25, 0.3) is 0 Å². The van der Waals surface area contributed by atoms with Gasteiger partial charge in [0.2, 0.25) is 0 Å². The lowest BCUT2D eigenvalue weighted by Gasteiger charge is -2.36. The molecule has 29 heavy (non-hydrogen) atoms. The topological polar surface area (TPSA) is 98.4 Å². The van der Waals surface area contributed by atoms with E-state index in [0.717, 1.165) is 18.0 Å². The molecule has 9 heteroatoms. The Kier molecular flexibility index (Phi) is 6.71. The molecule has 9 nitrogen and oxygen atoms in total. The van der Waals surface area contributed by atoms with Crippen LogP contribution in [0.5, 0.6) is 0 Å². The zero-order chi connectivity index (χ0) is 21.1. The second-order valence-corrected chi connectivity index (χ2v) is 8.26. The van der Waals surface area contributed by atoms with Crippen molar-refractivity contribution in [3.05, 3.63) is 28.3 Å². The van der Waals surface area contributed by atoms with Gasteiger partial charge >= 0.3 is 0 Å². The van der Waals surface area contributed by atoms with Gasteiger partial charge in [0, 0.05) is 24.8 Å². The largest absolute Gasteiger partial charge is 0.372 e. The third-order valence-corrected chi connectivity index (χ3v) is 5.24. The summed E-state index contributed by atoms with van der Waals surface area (Å²) in [7, 11) is 0. The van der Waals surface area contributed by atoms with Crippen molar-refractivity contribution in [3.8, 4) is 0 Å². The summed E-state index contributed by atoms with van der Waals surface area (Å²) in [6, 6.07) is 4.88. The molecule has 3 rings (SSSR count). The van der Waals surface area contributed by atoms with Crippen LogP contribution in [0.1, 0.15) is 27.7 Å². The zero-order valence-corrected chi connectivity index (χ0v) is 17.5. The molecule has 0 radical (unpaired) electrons. The van der Waals surface area contributed by atoms with Gasteiger partial charge in [-0.1, -0.05) is 0 Å². The molecule has 1 aromatic carbocycles. The highest BCUT2D eigenvalue weighted by Crippen LogP contribution is 2.33. The number of carbonyl (C=O) groups excluding carboxylic acids is 1. The van der Waals surface area contributed by atoms with Crippen molar-refractivity contribution < 1.29 is 24.1 Å². The summed E-state index contributed by atoms with van der Waals surface area (Å²) in [4.78, 5) is 26.9. The maximum absolute atomic E-state index is 12.5. The van der Waals surface area contributed by atoms with Gasteiger partial charge in [0.05, 0.1) is 17.1 Å². The summed E-state index contributed by atoms with van der Waals surface area (Å²) in [5, 5.41) is 14.5. The van der Waals surface area contributed by atoms with Gasteiger partial charge in [0.1, 0.15) is 31.0 Å². The third kappa shape index (κ3) is 5.65. The van der Waals surface area contributed by atoms with Crippen molar-refractivity contribution in [3.63, 3.8) is 0 Å². The Morgan fingerprint density at radius 3 is 2.31 bits per heavy atom. The van der Waals surface area contributed by atoms with Gasteiger partial charge in [0.15, 0.2) is 6.54 Å². The van der Waals surface area contributed by atoms with E-state index in [-0.39, 0.29) is 36.0 Å². The van der Waals surface area contributed by atoms with Gasteiger partial charge in [-0.3, -0.25) is 14.9 Å². The molecular formula is C20H31N4O5+. The molecule has 2 heterocycles. The quantitative estimate of drug-likeness (QED) is 0.554. The Labute approximate surface area is 171 Å². The predicted molar refractivity (Wildman–Crippen MR) is 110 cm³/mol. The number of ether oxygens (including phenoxy) is 2. The summed E-state index contributed by atoms with van der Waals surface area (Å²) in [5.41, 5.74) is 0.982. The van der Waals surface area contributed by atoms with Crippen LogP contribution in [0, 0.1) is 10.1 Å². The lowest BCUT2D eigenvalue weighted by atomic mass is 10.1. The molecule has 2 aliphatic heterocycles. The molecular weight excluding hydrogens is 376 g/mol. The Morgan fingerprint density at radius 2 is 1.72 bits per heavy atom. The normalized spacial score (nSPS) is 30.1. The molecule has 0 aromatic heterocycles. The first-order valence-corrected chi connectivity index (χ1v) is 10.2. The van der Waals surface area contributed by atoms with Crippen LogP contribution in [0.15, 0.2) is 18.2 Å². The van der Waals surface area contributed by atoms with Crippen LogP contribution in [-0.4, -0.2) is 68.0 Å². The summed E-state index contributed by atoms with van der Waals surface area (Å²) in [6.07, 6.45) is 0.221. The van der Waals surface area contributed by atoms with Gasteiger partial charge in [-0.25, -0.2) is 0 Å². The highest BCUT2D eigenvalue weighted by atomic mass is 16.6. The highest BCUT2D eigenvalue weighted by molar-refractivity contribution is 5.92. The van der Waals surface area contributed by atoms with Gasteiger partial charge in [-0.15, -0.1) is 0 Å². The number of anilines is 2. The van der Waals surface area contributed by atoms with Crippen molar-refractivity contribution in [2.24, 2.45) is 0 Å². The first-order chi connectivity index (χ1) is 13.7. The number of nitro benzene ring substituents is 1. The Hall–Kier alpha value is -2.23. The lowest BCUT2D eigenvalue weighted by Crippen LogP contribution is -3.16. The maximum atomic E-state index is 12.5. The molecule has 0 unspecified atom stereocenters. The molecule has 2 N–H and O–H groups in total. The number of carbonyl (C=O) groups is 1. The van der Waals surface area contributed by atoms with E-state index in [1.165, 1.54) is 6.07 Å². The van der Waals surface area contributed by atoms with Crippen LogP contribution in [0.3, 0.4) is 0 Å². The van der Waals surface area contributed by atoms with Crippen molar-refractivity contribution in [1.29, 1.82) is 0 Å². The van der Waals surface area contributed by atoms with Crippen molar-refractivity contribution >= 4 is 23.0 Å². The summed E-state index contributed by atoms with van der Waals surface area (Å²) in [5.74, 6) is -0.156. The Balaban J connectivity index is 1.69. The van der Waals surface area contributed by atoms with Crippen LogP contribution in [0.4, 0.5) is 17.1 Å². The van der Waals surface area contributed by atoms with E-state index in [1.54, 1.807) is 12.1 Å². The zero-order valence-electron chi connectivity index (χ0n) is 17.5. The van der Waals surface area contributed by atoms with Crippen molar-refractivity contribution in [2.75, 3.05) is 42.9 Å². The molecule has 0 spiro atoms. The maximum Gasteiger partial charge on any atom is 0.294 e. The van der Waals surface area contributed by atoms with Gasteiger partial charge in [-0.2, -0.15) is 0 Å². The van der Waals surface area contributed by atoms with Crippen LogP contribution < -0.4 is 15.1 Å². The lowest BCUT2D eigenvalue weighted by molar-refractivity contribution is -0.907. The minimum absolute atomic E-state index is 0.000913. The van der Waals surface area contributed by atoms with Crippen LogP contribution >= 0.6 is 0 Å². The highest BCUT2D eigenvalue weighted by Gasteiger charge is 2.29. The summed E-state index contributed by atoms with van der Waals surface area (Å²) < 4.78 is 11.4. The van der Waals surface area contributed by atoms with E-state index in [4.69, 9.17) is 9.47 Å². The number of benzene rings is 1. The van der Waals surface area contributed by atoms with Crippen LogP contribution in [0.2, 0.25) is 0 Å². The van der Waals surface area contributed by atoms with Crippen molar-refractivity contribution in [1.82, 2.24) is 0 Å². The molecule has 0 bridgehead atoms. The second kappa shape index (κ2) is 9.06. The molecule has 160 valence electrons. The molecule has 1 amide bonds. The average molecular weight is 407 g/mol. The number of hydrogen-bond donors (Lipinski definition) is 2. The first-order valence-electron chi connectivity index (χ1n) is 10.2. The molecule has 2 saturated heterocycles. The molecule has 1 aromatic rings. The van der Waals surface area contributed by atoms with E-state index in [1.807, 2.05) is 32.6 Å². The standard InChI is InChI=1S/C20H30N4O5/c1-13-8-22(9-14(2)28-13)12-20(25)21-17-5-6-18(19(7-17)24(26)27)23-10-15(3)29-16(4)11-23/h5-7,13-16H,8-12H2,1-4H3,(H,21,25)/p+1/t13-,14-,15-,16+/m1/s1. The SMILES string of the molecule is C[C@@H]1C[NH+](CC(=O)Nc2ccc(N3C[C@@H](C)O[C@@H](C)C3)c([N+](=O)[O-])c2)C[C@@H](C)O1. The third-order valence-electron chi connectivity index (χ3n) is 5.24. The minimum Gasteiger partial charge on any atom is -0.372 e. The number of nitro groups is 1. The molecule has 2 aliphatic rings. The van der Waals surface area contributed by atoms with E-state index in [0.29, 0.717) is 31.0 Å². The summed E-state index contributed by atoms with van der Waals surface area (Å²) >= 11 is 0. The summed E-state index contributed by atoms with van der Waals surface area (Å²) in [6.45, 7) is 10.9. The monoisotopic (exact) mass is 407 g/mol. The molecule has 2 fully saturated rings. The molecule has 0 saturated carbocycles. The van der Waals surface area contributed by atoms with E-state index in [9.17, 15) is 14.9 Å². The Bertz CT molecular complexity index is 738. The number of quaternary nitrogens is 1. The first kappa shape index (κ1) is 21.5. The van der Waals surface area contributed by atoms with E-state index in [2.05, 4.69) is 5.32 Å². The number of amides is 1. The van der Waals surface area contributed by atoms with E-state index >= 15 is 0 Å². The Morgan fingerprint density at radius 1 is 1.14 bits per heavy atom. The fourth-order valence-corrected chi connectivity index (χ4v) is 4.36. The minimum atomic E-state index is -0.396. The van der Waals surface area contributed by atoms with Gasteiger partial charge in [-0.05, 0) is 39.8 Å². The average Bonchev–Trinajstić information content (AvgIpc) is 2.59. The number of nitrogens with zero attached hydrogens (tertiary/aromatic N) is 2. The van der Waals surface area contributed by atoms with Crippen molar-refractivity contribution in [2.45, 2.75) is 52.1 Å². The van der Waals surface area contributed by atoms with Gasteiger partial charge < -0.3 is 24.6 Å². The number of hydrogen-bond acceptors (Lipinski definition) is 6. The predicted octanol–water partition coefficient (Wildman–Crippen LogP) is 0.839. The number of nitrogens with one attached hydrogen (secondary N) is 2. The molecule has 0 aliphatic carbocycles. The van der Waals surface area contributed by atoms with E-state index < -0.39 is 4.92 Å². The second-order valence-electron chi connectivity index (χ2n) is 8.26. The smallest absolute Gasteiger partial charge is 0.294 e. The molecule has 4 atom stereocenters. The van der Waals surface area contributed by atoms with Crippen LogP contribution in [-0.2, 0) is 14.3 Å².